The Labute approximate surface area is 139 Å². The van der Waals surface area contributed by atoms with E-state index < -0.39 is 32.3 Å². The number of anilines is 1. The lowest BCUT2D eigenvalue weighted by molar-refractivity contribution is -0.0211. The quantitative estimate of drug-likeness (QED) is 0.361. The van der Waals surface area contributed by atoms with E-state index in [-0.39, 0.29) is 29.3 Å². The van der Waals surface area contributed by atoms with Crippen LogP contribution in [0.3, 0.4) is 0 Å². The van der Waals surface area contributed by atoms with Crippen molar-refractivity contribution in [2.45, 2.75) is 18.9 Å². The topological polar surface area (TPSA) is 199 Å². The van der Waals surface area contributed by atoms with Crippen LogP contribution in [-0.2, 0) is 20.4 Å². The zero-order valence-corrected chi connectivity index (χ0v) is 13.6. The van der Waals surface area contributed by atoms with Crippen LogP contribution < -0.4 is 17.0 Å². The maximum Gasteiger partial charge on any atom is 0.469 e. The normalized spacial score (nSPS) is 21.0. The summed E-state index contributed by atoms with van der Waals surface area (Å²) in [5, 5.41) is 10.2. The number of nitrogens with zero attached hydrogens (tertiary/aromatic N) is 2. The van der Waals surface area contributed by atoms with Gasteiger partial charge in [-0.2, -0.15) is 4.98 Å². The fourth-order valence-electron chi connectivity index (χ4n) is 2.56. The lowest BCUT2D eigenvalue weighted by atomic mass is 10.2. The first-order chi connectivity index (χ1) is 11.7. The molecule has 0 aromatic carbocycles. The lowest BCUT2D eigenvalue weighted by Gasteiger charge is -2.16. The summed E-state index contributed by atoms with van der Waals surface area (Å²) in [5.41, 5.74) is 11.5. The number of nitrogens with one attached hydrogen (secondary N) is 1. The Morgan fingerprint density at radius 3 is 2.84 bits per heavy atom. The van der Waals surface area contributed by atoms with E-state index >= 15 is 0 Å². The molecule has 0 fully saturated rings. The second-order valence-electron chi connectivity index (χ2n) is 5.31. The third kappa shape index (κ3) is 3.44. The molecule has 2 aromatic rings. The van der Waals surface area contributed by atoms with Gasteiger partial charge in [0.1, 0.15) is 11.9 Å². The molecule has 1 aliphatic rings. The number of aromatic nitrogens is 3. The summed E-state index contributed by atoms with van der Waals surface area (Å²) >= 11 is 0. The summed E-state index contributed by atoms with van der Waals surface area (Å²) in [6, 6.07) is 0. The minimum Gasteiger partial charge on any atom is -0.510 e. The maximum atomic E-state index is 12.1. The van der Waals surface area contributed by atoms with Gasteiger partial charge in [-0.15, -0.1) is 0 Å². The monoisotopic (exact) mass is 373 g/mol. The molecule has 1 aliphatic heterocycles. The Kier molecular flexibility index (Phi) is 4.41. The number of ether oxygens (including phenoxy) is 1. The van der Waals surface area contributed by atoms with Crippen LogP contribution in [0.4, 0.5) is 5.95 Å². The van der Waals surface area contributed by atoms with E-state index in [1.54, 1.807) is 0 Å². The molecule has 0 aliphatic carbocycles. The van der Waals surface area contributed by atoms with E-state index in [1.165, 1.54) is 16.8 Å². The lowest BCUT2D eigenvalue weighted by Crippen LogP contribution is -2.20. The van der Waals surface area contributed by atoms with Crippen LogP contribution >= 0.6 is 7.82 Å². The van der Waals surface area contributed by atoms with Gasteiger partial charge < -0.3 is 35.7 Å². The van der Waals surface area contributed by atoms with E-state index in [9.17, 15) is 14.5 Å². The molecule has 12 nitrogen and oxygen atoms in total. The van der Waals surface area contributed by atoms with Gasteiger partial charge in [0, 0.05) is 18.8 Å². The number of aliphatic hydroxyl groups is 1. The SMILES string of the molecule is NCc1cn(C2C=C(O)C(COP(=O)(O)O)O2)c2nc(N)[nH]c(=O)c12. The Hall–Kier alpha value is -2.21. The van der Waals surface area contributed by atoms with Crippen molar-refractivity contribution in [1.82, 2.24) is 14.5 Å². The number of phosphoric acid groups is 1. The summed E-state index contributed by atoms with van der Waals surface area (Å²) in [6.45, 7) is -0.493. The van der Waals surface area contributed by atoms with Crippen molar-refractivity contribution in [3.63, 3.8) is 0 Å². The molecule has 0 saturated heterocycles. The van der Waals surface area contributed by atoms with Crippen LogP contribution in [0.1, 0.15) is 11.8 Å². The zero-order chi connectivity index (χ0) is 18.4. The smallest absolute Gasteiger partial charge is 0.469 e. The molecule has 8 N–H and O–H groups in total. The Balaban J connectivity index is 1.96. The van der Waals surface area contributed by atoms with Crippen molar-refractivity contribution in [1.29, 1.82) is 0 Å². The van der Waals surface area contributed by atoms with Gasteiger partial charge in [0.15, 0.2) is 11.9 Å². The Morgan fingerprint density at radius 2 is 2.20 bits per heavy atom. The van der Waals surface area contributed by atoms with Crippen molar-refractivity contribution in [2.24, 2.45) is 5.73 Å². The van der Waals surface area contributed by atoms with Gasteiger partial charge in [-0.25, -0.2) is 4.57 Å². The molecule has 2 aromatic heterocycles. The highest BCUT2D eigenvalue weighted by atomic mass is 31.2. The van der Waals surface area contributed by atoms with E-state index in [0.29, 0.717) is 5.56 Å². The Morgan fingerprint density at radius 1 is 1.48 bits per heavy atom. The molecule has 0 bridgehead atoms. The number of nitrogen functional groups attached to an aromatic ring is 1. The predicted molar refractivity (Wildman–Crippen MR) is 85.3 cm³/mol. The van der Waals surface area contributed by atoms with Gasteiger partial charge in [0.05, 0.1) is 12.0 Å². The summed E-state index contributed by atoms with van der Waals surface area (Å²) in [6.07, 6.45) is 0.858. The fourth-order valence-corrected chi connectivity index (χ4v) is 2.89. The maximum absolute atomic E-state index is 12.1. The summed E-state index contributed by atoms with van der Waals surface area (Å²) in [7, 11) is -4.71. The number of hydrogen-bond donors (Lipinski definition) is 6. The molecule has 0 amide bonds. The van der Waals surface area contributed by atoms with Crippen LogP contribution in [0.2, 0.25) is 0 Å². The first-order valence-electron chi connectivity index (χ1n) is 7.05. The van der Waals surface area contributed by atoms with E-state index in [2.05, 4.69) is 14.5 Å². The third-order valence-electron chi connectivity index (χ3n) is 3.61. The second kappa shape index (κ2) is 6.26. The first kappa shape index (κ1) is 17.6. The first-order valence-corrected chi connectivity index (χ1v) is 8.58. The van der Waals surface area contributed by atoms with Crippen LogP contribution in [-0.4, -0.2) is 42.1 Å². The van der Waals surface area contributed by atoms with Crippen molar-refractivity contribution in [2.75, 3.05) is 12.3 Å². The van der Waals surface area contributed by atoms with Gasteiger partial charge in [0.2, 0.25) is 5.95 Å². The molecule has 2 unspecified atom stereocenters. The van der Waals surface area contributed by atoms with Crippen LogP contribution in [0.5, 0.6) is 0 Å². The second-order valence-corrected chi connectivity index (χ2v) is 6.55. The average molecular weight is 373 g/mol. The number of hydrogen-bond acceptors (Lipinski definition) is 8. The molecule has 3 rings (SSSR count). The summed E-state index contributed by atoms with van der Waals surface area (Å²) in [5.74, 6) is -0.375. The van der Waals surface area contributed by atoms with E-state index in [0.717, 1.165) is 0 Å². The minimum atomic E-state index is -4.71. The molecule has 0 spiro atoms. The largest absolute Gasteiger partial charge is 0.510 e. The van der Waals surface area contributed by atoms with Crippen LogP contribution in [0, 0.1) is 0 Å². The van der Waals surface area contributed by atoms with Gasteiger partial charge in [-0.05, 0) is 5.56 Å². The average Bonchev–Trinajstić information content (AvgIpc) is 3.04. The molecule has 3 heterocycles. The minimum absolute atomic E-state index is 0.0609. The number of rotatable bonds is 5. The molecular formula is C12H16N5O7P. The molecule has 136 valence electrons. The van der Waals surface area contributed by atoms with E-state index in [4.69, 9.17) is 26.0 Å². The standard InChI is InChI=1S/C12H16N5O7P/c13-2-5-3-17(10-9(5)11(19)16-12(14)15-10)8-1-6(18)7(24-8)4-23-25(20,21)22/h1,3,7-8,18H,2,4,13H2,(H2,20,21,22)(H3,14,15,16,19). The van der Waals surface area contributed by atoms with Gasteiger partial charge in [-0.3, -0.25) is 14.3 Å². The number of nitrogens with two attached hydrogens (primary N) is 2. The molecular weight excluding hydrogens is 357 g/mol. The highest BCUT2D eigenvalue weighted by Gasteiger charge is 2.32. The van der Waals surface area contributed by atoms with Gasteiger partial charge in [0.25, 0.3) is 5.56 Å². The summed E-state index contributed by atoms with van der Waals surface area (Å²) < 4.78 is 22.1. The Bertz CT molecular complexity index is 945. The van der Waals surface area contributed by atoms with Crippen molar-refractivity contribution in [3.05, 3.63) is 33.9 Å². The van der Waals surface area contributed by atoms with Crippen molar-refractivity contribution >= 4 is 24.8 Å². The molecule has 13 heteroatoms. The highest BCUT2D eigenvalue weighted by molar-refractivity contribution is 7.46. The number of fused-ring (bicyclic) bond motifs is 1. The number of aromatic amines is 1. The summed E-state index contributed by atoms with van der Waals surface area (Å²) in [4.78, 5) is 36.0. The number of aliphatic hydroxyl groups excluding tert-OH is 1. The number of H-pyrrole nitrogens is 1. The molecule has 25 heavy (non-hydrogen) atoms. The van der Waals surface area contributed by atoms with Crippen molar-refractivity contribution < 1.29 is 28.7 Å². The van der Waals surface area contributed by atoms with Crippen molar-refractivity contribution in [3.8, 4) is 0 Å². The third-order valence-corrected chi connectivity index (χ3v) is 4.10. The fraction of sp³-hybridized carbons (Fsp3) is 0.333. The molecule has 0 saturated carbocycles. The molecule has 0 radical (unpaired) electrons. The van der Waals surface area contributed by atoms with Crippen LogP contribution in [0.25, 0.3) is 11.0 Å². The zero-order valence-electron chi connectivity index (χ0n) is 12.7. The highest BCUT2D eigenvalue weighted by Crippen LogP contribution is 2.38. The number of phosphoric ester groups is 1. The van der Waals surface area contributed by atoms with Gasteiger partial charge in [-0.1, -0.05) is 0 Å². The van der Waals surface area contributed by atoms with Crippen LogP contribution in [0.15, 0.2) is 22.8 Å². The predicted octanol–water partition coefficient (Wildman–Crippen LogP) is -0.786. The van der Waals surface area contributed by atoms with E-state index in [1.807, 2.05) is 0 Å². The molecule has 2 atom stereocenters. The van der Waals surface area contributed by atoms with Gasteiger partial charge >= 0.3 is 7.82 Å².